The summed E-state index contributed by atoms with van der Waals surface area (Å²) in [5.41, 5.74) is 13.2. The minimum atomic E-state index is -1.46. The fraction of sp³-hybridized carbons (Fsp3) is 0.717. The minimum Gasteiger partial charge on any atom is -0.480 e. The van der Waals surface area contributed by atoms with E-state index in [4.69, 9.17) is 11.5 Å². The van der Waals surface area contributed by atoms with E-state index in [0.717, 1.165) is 86.8 Å². The first-order valence-corrected chi connectivity index (χ1v) is 31.6. The van der Waals surface area contributed by atoms with Crippen LogP contribution in [0.25, 0.3) is 0 Å². The normalized spacial score (nSPS) is 13.5. The first kappa shape index (κ1) is 71.3. The molecule has 80 heavy (non-hydrogen) atoms. The molecule has 2 heterocycles. The monoisotopic (exact) mass is 1150 g/mol. The van der Waals surface area contributed by atoms with Crippen molar-refractivity contribution in [3.8, 4) is 0 Å². The van der Waals surface area contributed by atoms with Crippen LogP contribution >= 0.6 is 25.3 Å². The molecule has 2 aromatic heterocycles. The van der Waals surface area contributed by atoms with Crippen molar-refractivity contribution >= 4 is 66.7 Å². The van der Waals surface area contributed by atoms with Crippen LogP contribution in [0, 0.1) is 0 Å². The maximum atomic E-state index is 14.2. The van der Waals surface area contributed by atoms with Gasteiger partial charge in [-0.3, -0.25) is 38.6 Å². The third kappa shape index (κ3) is 30.9. The summed E-state index contributed by atoms with van der Waals surface area (Å²) < 4.78 is 0. The van der Waals surface area contributed by atoms with E-state index in [2.05, 4.69) is 94.0 Å². The van der Waals surface area contributed by atoms with Crippen LogP contribution in [-0.2, 0) is 46.4 Å². The van der Waals surface area contributed by atoms with Gasteiger partial charge in [-0.15, -0.1) is 0 Å². The molecule has 0 bridgehead atoms. The zero-order valence-electron chi connectivity index (χ0n) is 48.6. The van der Waals surface area contributed by atoms with Gasteiger partial charge in [0.2, 0.25) is 35.4 Å². The molecule has 18 nitrogen and oxygen atoms in total. The lowest BCUT2D eigenvalue weighted by Gasteiger charge is -2.32. The van der Waals surface area contributed by atoms with Crippen LogP contribution in [0.5, 0.6) is 0 Å². The number of aromatic amines is 2. The van der Waals surface area contributed by atoms with Crippen molar-refractivity contribution in [2.45, 2.75) is 256 Å². The summed E-state index contributed by atoms with van der Waals surface area (Å²) in [5.74, 6) is -5.61. The van der Waals surface area contributed by atoms with E-state index in [1.165, 1.54) is 102 Å². The van der Waals surface area contributed by atoms with Crippen molar-refractivity contribution in [1.29, 1.82) is 0 Å². The Kier molecular flexibility index (Phi) is 40.8. The summed E-state index contributed by atoms with van der Waals surface area (Å²) in [6, 6.07) is -6.52. The Bertz CT molecular complexity index is 2060. The van der Waals surface area contributed by atoms with E-state index in [1.807, 2.05) is 0 Å². The number of carboxylic acids is 1. The summed E-state index contributed by atoms with van der Waals surface area (Å²) in [7, 11) is 0. The number of unbranched alkanes of at least 4 members (excludes halogenated alkanes) is 23. The number of nitrogens with zero attached hydrogens (tertiary/aromatic N) is 4. The number of nitrogens with one attached hydrogen (secondary N) is 4. The Hall–Kier alpha value is -4.79. The molecule has 452 valence electrons. The van der Waals surface area contributed by atoms with Gasteiger partial charge < -0.3 is 37.2 Å². The maximum Gasteiger partial charge on any atom is 0.326 e. The number of H-pyrrole nitrogens is 2. The summed E-state index contributed by atoms with van der Waals surface area (Å²) in [4.78, 5) is 112. The van der Waals surface area contributed by atoms with Crippen molar-refractivity contribution in [3.05, 3.63) is 60.7 Å². The fourth-order valence-electron chi connectivity index (χ4n) is 9.49. The zero-order valence-corrected chi connectivity index (χ0v) is 50.4. The standard InChI is InChI=1S/C60H102N10O8S2/c1-3-5-7-9-11-13-15-17-19-21-23-25-27-29-31-36-54(71)69(58(75)49(61)43-79)52(39-47-41-63-45-66-47)56(73)65-38-34-33-35-51(60(77)78)68-57(74)53(40-48-42-64-46-67-48)70(59(76)50(62)44-80)55(72)37-32-30-28-26-24-22-20-18-16-14-12-10-8-6-4-2/h17-20,41-42,45-46,49-53,79-80H,3-16,21-40,43-44,61-62H2,1-2H3,(H,63,66)(H,64,67)(H,65,73)(H,68,74)(H,77,78)/t49-,50-,51-,52-,53-/m0/s1. The topological polar surface area (TPSA) is 280 Å². The van der Waals surface area contributed by atoms with Crippen LogP contribution < -0.4 is 22.1 Å². The highest BCUT2D eigenvalue weighted by molar-refractivity contribution is 7.80. The number of allylic oxidation sites excluding steroid dienone is 4. The average molecular weight is 1160 g/mol. The number of aliphatic carboxylic acids is 1. The molecule has 9 N–H and O–H groups in total. The second kappa shape index (κ2) is 45.8. The van der Waals surface area contributed by atoms with E-state index in [9.17, 15) is 38.7 Å². The molecule has 0 spiro atoms. The van der Waals surface area contributed by atoms with Crippen molar-refractivity contribution < 1.29 is 38.7 Å². The van der Waals surface area contributed by atoms with Gasteiger partial charge in [-0.1, -0.05) is 141 Å². The van der Waals surface area contributed by atoms with E-state index < -0.39 is 71.6 Å². The van der Waals surface area contributed by atoms with Gasteiger partial charge in [0.1, 0.15) is 18.1 Å². The second-order valence-electron chi connectivity index (χ2n) is 21.2. The van der Waals surface area contributed by atoms with Crippen LogP contribution in [0.1, 0.15) is 224 Å². The van der Waals surface area contributed by atoms with E-state index >= 15 is 0 Å². The second-order valence-corrected chi connectivity index (χ2v) is 22.0. The molecule has 6 amide bonds. The Morgan fingerprint density at radius 3 is 1.29 bits per heavy atom. The number of carbonyl (C=O) groups excluding carboxylic acids is 6. The molecule has 0 aliphatic carbocycles. The van der Waals surface area contributed by atoms with Crippen LogP contribution in [0.2, 0.25) is 0 Å². The Morgan fingerprint density at radius 1 is 0.550 bits per heavy atom. The molecule has 0 aliphatic rings. The van der Waals surface area contributed by atoms with Crippen molar-refractivity contribution in [3.63, 3.8) is 0 Å². The summed E-state index contributed by atoms with van der Waals surface area (Å²) in [6.45, 7) is 4.49. The smallest absolute Gasteiger partial charge is 0.326 e. The predicted octanol–water partition coefficient (Wildman–Crippen LogP) is 9.81. The molecule has 0 radical (unpaired) electrons. The molecule has 0 aromatic carbocycles. The van der Waals surface area contributed by atoms with Crippen LogP contribution in [-0.4, -0.2) is 125 Å². The lowest BCUT2D eigenvalue weighted by atomic mass is 10.0. The van der Waals surface area contributed by atoms with Crippen LogP contribution in [0.3, 0.4) is 0 Å². The van der Waals surface area contributed by atoms with Crippen LogP contribution in [0.4, 0.5) is 0 Å². The summed E-state index contributed by atoms with van der Waals surface area (Å²) in [5, 5.41) is 15.7. The van der Waals surface area contributed by atoms with Gasteiger partial charge in [0.05, 0.1) is 24.7 Å². The Morgan fingerprint density at radius 2 is 0.925 bits per heavy atom. The van der Waals surface area contributed by atoms with E-state index in [1.54, 1.807) is 0 Å². The number of carboxylic acid groups (broad SMARTS) is 1. The third-order valence-electron chi connectivity index (χ3n) is 14.3. The molecule has 0 fully saturated rings. The number of aromatic nitrogens is 4. The number of thiol groups is 2. The van der Waals surface area contributed by atoms with E-state index in [0.29, 0.717) is 24.2 Å². The molecular weight excluding hydrogens is 1050 g/mol. The predicted molar refractivity (Wildman–Crippen MR) is 325 cm³/mol. The van der Waals surface area contributed by atoms with Gasteiger partial charge in [0, 0.05) is 67.5 Å². The highest BCUT2D eigenvalue weighted by atomic mass is 32.1. The SMILES string of the molecule is CCCCCCCCC=CCCCCCCCC(=O)N(C(=O)[C@@H](N)CS)[C@@H](Cc1cnc[nH]1)C(=O)NCCCC[C@H](NC(=O)[C@H](Cc1cnc[nH]1)N(C(=O)CCCCCCCC=CCCCCCCCC)C(=O)[C@@H](N)CS)C(=O)O. The molecule has 0 unspecified atom stereocenters. The first-order chi connectivity index (χ1) is 38.8. The van der Waals surface area contributed by atoms with Crippen molar-refractivity contribution in [2.24, 2.45) is 11.5 Å². The van der Waals surface area contributed by atoms with Gasteiger partial charge in [-0.05, 0) is 83.5 Å². The lowest BCUT2D eigenvalue weighted by molar-refractivity contribution is -0.153. The molecule has 0 aliphatic heterocycles. The average Bonchev–Trinajstić information content (AvgIpc) is 4.19. The van der Waals surface area contributed by atoms with Crippen molar-refractivity contribution in [2.75, 3.05) is 18.1 Å². The summed E-state index contributed by atoms with van der Waals surface area (Å²) >= 11 is 8.42. The molecule has 5 atom stereocenters. The number of amides is 6. The number of rotatable bonds is 49. The quantitative estimate of drug-likeness (QED) is 0.0170. The molecular formula is C60H102N10O8S2. The van der Waals surface area contributed by atoms with Crippen LogP contribution in [0.15, 0.2) is 49.4 Å². The van der Waals surface area contributed by atoms with Gasteiger partial charge in [-0.25, -0.2) is 14.8 Å². The summed E-state index contributed by atoms with van der Waals surface area (Å²) in [6.07, 6.45) is 43.1. The number of imide groups is 2. The largest absolute Gasteiger partial charge is 0.480 e. The molecule has 2 aromatic rings. The number of hydrogen-bond acceptors (Lipinski definition) is 13. The highest BCUT2D eigenvalue weighted by Crippen LogP contribution is 2.19. The van der Waals surface area contributed by atoms with E-state index in [-0.39, 0.29) is 63.0 Å². The Balaban J connectivity index is 2.05. The maximum absolute atomic E-state index is 14.2. The molecule has 0 saturated heterocycles. The van der Waals surface area contributed by atoms with Gasteiger partial charge in [0.15, 0.2) is 0 Å². The number of nitrogens with two attached hydrogens (primary N) is 2. The van der Waals surface area contributed by atoms with Gasteiger partial charge in [0.25, 0.3) is 0 Å². The number of carbonyl (C=O) groups is 7. The number of hydrogen-bond donors (Lipinski definition) is 9. The number of imidazole rings is 2. The highest BCUT2D eigenvalue weighted by Gasteiger charge is 2.39. The van der Waals surface area contributed by atoms with Gasteiger partial charge in [-0.2, -0.15) is 25.3 Å². The lowest BCUT2D eigenvalue weighted by Crippen LogP contribution is -2.59. The fourth-order valence-corrected chi connectivity index (χ4v) is 9.80. The van der Waals surface area contributed by atoms with Gasteiger partial charge >= 0.3 is 5.97 Å². The van der Waals surface area contributed by atoms with Crippen molar-refractivity contribution in [1.82, 2.24) is 40.4 Å². The first-order valence-electron chi connectivity index (χ1n) is 30.3. The Labute approximate surface area is 489 Å². The molecule has 20 heteroatoms. The zero-order chi connectivity index (χ0) is 58.6. The molecule has 0 saturated carbocycles. The molecule has 2 rings (SSSR count). The minimum absolute atomic E-state index is 0.0211. The third-order valence-corrected chi connectivity index (χ3v) is 15.1.